The van der Waals surface area contributed by atoms with Gasteiger partial charge in [-0.1, -0.05) is 41.9 Å². The fraction of sp³-hybridized carbons (Fsp3) is 0. The van der Waals surface area contributed by atoms with Gasteiger partial charge < -0.3 is 4.74 Å². The van der Waals surface area contributed by atoms with E-state index in [4.69, 9.17) is 16.3 Å². The monoisotopic (exact) mass is 440 g/mol. The van der Waals surface area contributed by atoms with Crippen molar-refractivity contribution in [2.45, 2.75) is 0 Å². The highest BCUT2D eigenvalue weighted by atomic mass is 79.9. The van der Waals surface area contributed by atoms with Crippen molar-refractivity contribution in [2.75, 3.05) is 0 Å². The number of halogens is 2. The summed E-state index contributed by atoms with van der Waals surface area (Å²) in [5.41, 5.74) is 1.84. The minimum Gasteiger partial charge on any atom is -0.423 e. The summed E-state index contributed by atoms with van der Waals surface area (Å²) in [5.74, 6) is -0.128. The summed E-state index contributed by atoms with van der Waals surface area (Å²) in [6, 6.07) is 20.7. The molecule has 0 aliphatic heterocycles. The second kappa shape index (κ2) is 8.80. The van der Waals surface area contributed by atoms with Gasteiger partial charge in [0.25, 0.3) is 0 Å². The van der Waals surface area contributed by atoms with Crippen molar-refractivity contribution < 1.29 is 14.3 Å². The number of rotatable bonds is 5. The highest BCUT2D eigenvalue weighted by Crippen LogP contribution is 2.20. The first kappa shape index (κ1) is 19.1. The molecule has 0 atom stereocenters. The van der Waals surface area contributed by atoms with E-state index in [-0.39, 0.29) is 5.78 Å². The maximum atomic E-state index is 12.2. The predicted octanol–water partition coefficient (Wildman–Crippen LogP) is 6.22. The van der Waals surface area contributed by atoms with Gasteiger partial charge >= 0.3 is 5.97 Å². The highest BCUT2D eigenvalue weighted by molar-refractivity contribution is 9.10. The first-order chi connectivity index (χ1) is 13.0. The van der Waals surface area contributed by atoms with Gasteiger partial charge in [0.2, 0.25) is 0 Å². The molecule has 0 saturated carbocycles. The normalized spacial score (nSPS) is 10.7. The number of esters is 1. The molecular formula is C22H14BrClO3. The second-order valence-electron chi connectivity index (χ2n) is 5.64. The zero-order valence-corrected chi connectivity index (χ0v) is 16.4. The lowest BCUT2D eigenvalue weighted by molar-refractivity contribution is 0.0733. The molecule has 0 amide bonds. The Balaban J connectivity index is 1.65. The van der Waals surface area contributed by atoms with Crippen LogP contribution in [-0.4, -0.2) is 11.8 Å². The third kappa shape index (κ3) is 5.16. The van der Waals surface area contributed by atoms with Gasteiger partial charge in [0.05, 0.1) is 5.56 Å². The maximum Gasteiger partial charge on any atom is 0.344 e. The van der Waals surface area contributed by atoms with E-state index < -0.39 is 5.97 Å². The quantitative estimate of drug-likeness (QED) is 0.204. The van der Waals surface area contributed by atoms with Gasteiger partial charge in [-0.25, -0.2) is 4.79 Å². The first-order valence-corrected chi connectivity index (χ1v) is 9.25. The molecule has 0 bridgehead atoms. The molecule has 0 aliphatic rings. The summed E-state index contributed by atoms with van der Waals surface area (Å²) in [4.78, 5) is 24.3. The number of benzene rings is 3. The van der Waals surface area contributed by atoms with Gasteiger partial charge in [-0.3, -0.25) is 4.79 Å². The zero-order chi connectivity index (χ0) is 19.2. The summed E-state index contributed by atoms with van der Waals surface area (Å²) in [5, 5.41) is 0.586. The lowest BCUT2D eigenvalue weighted by Gasteiger charge is -2.06. The molecule has 3 nitrogen and oxygen atoms in total. The Kier molecular flexibility index (Phi) is 6.22. The van der Waals surface area contributed by atoms with Crippen molar-refractivity contribution in [3.63, 3.8) is 0 Å². The molecule has 3 aromatic rings. The third-order valence-electron chi connectivity index (χ3n) is 3.74. The van der Waals surface area contributed by atoms with Crippen molar-refractivity contribution in [1.29, 1.82) is 0 Å². The summed E-state index contributed by atoms with van der Waals surface area (Å²) in [6.45, 7) is 0. The maximum absolute atomic E-state index is 12.2. The summed E-state index contributed by atoms with van der Waals surface area (Å²) >= 11 is 9.15. The number of ketones is 1. The molecule has 0 aliphatic carbocycles. The van der Waals surface area contributed by atoms with Gasteiger partial charge in [0, 0.05) is 15.1 Å². The molecule has 0 saturated heterocycles. The fourth-order valence-electron chi connectivity index (χ4n) is 2.32. The van der Waals surface area contributed by atoms with E-state index in [1.165, 1.54) is 6.08 Å². The second-order valence-corrected chi connectivity index (χ2v) is 6.93. The SMILES string of the molecule is O=C(/C=C/c1ccc(OC(=O)c2ccccc2Br)cc1)c1ccc(Cl)cc1. The van der Waals surface area contributed by atoms with Crippen molar-refractivity contribution in [3.05, 3.63) is 105 Å². The van der Waals surface area contributed by atoms with Crippen LogP contribution >= 0.6 is 27.5 Å². The molecular weight excluding hydrogens is 428 g/mol. The fourth-order valence-corrected chi connectivity index (χ4v) is 2.89. The van der Waals surface area contributed by atoms with Gasteiger partial charge in [0.1, 0.15) is 5.75 Å². The van der Waals surface area contributed by atoms with Crippen molar-refractivity contribution in [2.24, 2.45) is 0 Å². The van der Waals surface area contributed by atoms with Crippen molar-refractivity contribution >= 4 is 45.4 Å². The summed E-state index contributed by atoms with van der Waals surface area (Å²) in [6.07, 6.45) is 3.20. The largest absolute Gasteiger partial charge is 0.423 e. The molecule has 0 heterocycles. The van der Waals surface area contributed by atoms with Crippen LogP contribution in [0.5, 0.6) is 5.75 Å². The molecule has 0 fully saturated rings. The standard InChI is InChI=1S/C22H14BrClO3/c23-20-4-2-1-3-19(20)22(26)27-18-12-5-15(6-13-18)7-14-21(25)16-8-10-17(24)11-9-16/h1-14H/b14-7+. The Morgan fingerprint density at radius 3 is 2.22 bits per heavy atom. The molecule has 5 heteroatoms. The van der Waals surface area contributed by atoms with Gasteiger partial charge in [-0.05, 0) is 76.1 Å². The smallest absolute Gasteiger partial charge is 0.344 e. The van der Waals surface area contributed by atoms with E-state index in [9.17, 15) is 9.59 Å². The van der Waals surface area contributed by atoms with Gasteiger partial charge in [0.15, 0.2) is 5.78 Å². The highest BCUT2D eigenvalue weighted by Gasteiger charge is 2.11. The minimum atomic E-state index is -0.441. The molecule has 0 unspecified atom stereocenters. The van der Waals surface area contributed by atoms with Crippen LogP contribution in [0.4, 0.5) is 0 Å². The number of carbonyl (C=O) groups is 2. The average molecular weight is 442 g/mol. The van der Waals surface area contributed by atoms with Gasteiger partial charge in [-0.2, -0.15) is 0 Å². The molecule has 3 rings (SSSR count). The van der Waals surface area contributed by atoms with Crippen LogP contribution in [0.15, 0.2) is 83.3 Å². The van der Waals surface area contributed by atoms with Crippen molar-refractivity contribution in [3.8, 4) is 5.75 Å². The molecule has 0 N–H and O–H groups in total. The Morgan fingerprint density at radius 1 is 0.889 bits per heavy atom. The number of ether oxygens (including phenoxy) is 1. The van der Waals surface area contributed by atoms with E-state index in [0.29, 0.717) is 26.4 Å². The Hall–Kier alpha value is -2.69. The first-order valence-electron chi connectivity index (χ1n) is 8.08. The van der Waals surface area contributed by atoms with E-state index in [0.717, 1.165) is 5.56 Å². The minimum absolute atomic E-state index is 0.115. The van der Waals surface area contributed by atoms with E-state index in [1.54, 1.807) is 72.8 Å². The average Bonchev–Trinajstić information content (AvgIpc) is 2.68. The van der Waals surface area contributed by atoms with Crippen LogP contribution < -0.4 is 4.74 Å². The van der Waals surface area contributed by atoms with Crippen LogP contribution in [0.25, 0.3) is 6.08 Å². The molecule has 27 heavy (non-hydrogen) atoms. The lowest BCUT2D eigenvalue weighted by Crippen LogP contribution is -2.09. The lowest BCUT2D eigenvalue weighted by atomic mass is 10.1. The summed E-state index contributed by atoms with van der Waals surface area (Å²) in [7, 11) is 0. The number of hydrogen-bond donors (Lipinski definition) is 0. The third-order valence-corrected chi connectivity index (χ3v) is 4.68. The molecule has 0 radical (unpaired) electrons. The Labute approximate surface area is 170 Å². The zero-order valence-electron chi connectivity index (χ0n) is 14.1. The van der Waals surface area contributed by atoms with E-state index in [2.05, 4.69) is 15.9 Å². The molecule has 0 aromatic heterocycles. The Morgan fingerprint density at radius 2 is 1.56 bits per heavy atom. The summed E-state index contributed by atoms with van der Waals surface area (Å²) < 4.78 is 6.05. The van der Waals surface area contributed by atoms with E-state index in [1.807, 2.05) is 6.07 Å². The molecule has 0 spiro atoms. The van der Waals surface area contributed by atoms with Gasteiger partial charge in [-0.15, -0.1) is 0 Å². The van der Waals surface area contributed by atoms with Crippen LogP contribution in [0.1, 0.15) is 26.3 Å². The number of hydrogen-bond acceptors (Lipinski definition) is 3. The Bertz CT molecular complexity index is 993. The van der Waals surface area contributed by atoms with E-state index >= 15 is 0 Å². The number of carbonyl (C=O) groups excluding carboxylic acids is 2. The van der Waals surface area contributed by atoms with Crippen molar-refractivity contribution in [1.82, 2.24) is 0 Å². The molecule has 134 valence electrons. The van der Waals surface area contributed by atoms with Crippen LogP contribution in [0.2, 0.25) is 5.02 Å². The van der Waals surface area contributed by atoms with Crippen LogP contribution in [-0.2, 0) is 0 Å². The molecule has 3 aromatic carbocycles. The van der Waals surface area contributed by atoms with Crippen LogP contribution in [0.3, 0.4) is 0 Å². The van der Waals surface area contributed by atoms with Crippen LogP contribution in [0, 0.1) is 0 Å². The predicted molar refractivity (Wildman–Crippen MR) is 110 cm³/mol. The number of allylic oxidation sites excluding steroid dienone is 1. The topological polar surface area (TPSA) is 43.4 Å².